The van der Waals surface area contributed by atoms with Crippen molar-refractivity contribution < 1.29 is 9.53 Å². The van der Waals surface area contributed by atoms with E-state index in [1.54, 1.807) is 7.11 Å². The van der Waals surface area contributed by atoms with Crippen LogP contribution in [-0.2, 0) is 16.1 Å². The Kier molecular flexibility index (Phi) is 10.9. The lowest BCUT2D eigenvalue weighted by atomic mass is 9.82. The van der Waals surface area contributed by atoms with Crippen molar-refractivity contribution in [2.75, 3.05) is 33.9 Å². The SMILES string of the molecule is CCCCN(C)Cc1cn[nH]c1C1CCC(N(CCOC)C(=O)CCC(C)C)CC1. The van der Waals surface area contributed by atoms with E-state index in [0.717, 1.165) is 45.2 Å². The van der Waals surface area contributed by atoms with E-state index in [1.165, 1.54) is 24.1 Å². The number of ether oxygens (including phenoxy) is 1. The Hall–Kier alpha value is -1.40. The fraction of sp³-hybridized carbons (Fsp3) is 0.833. The first-order valence-corrected chi connectivity index (χ1v) is 11.9. The number of amides is 1. The topological polar surface area (TPSA) is 61.5 Å². The average molecular weight is 421 g/mol. The van der Waals surface area contributed by atoms with Crippen LogP contribution < -0.4 is 0 Å². The van der Waals surface area contributed by atoms with Gasteiger partial charge < -0.3 is 14.5 Å². The number of rotatable bonds is 13. The third-order valence-corrected chi connectivity index (χ3v) is 6.42. The molecule has 1 aliphatic carbocycles. The number of methoxy groups -OCH3 is 1. The van der Waals surface area contributed by atoms with E-state index < -0.39 is 0 Å². The van der Waals surface area contributed by atoms with Crippen molar-refractivity contribution in [3.8, 4) is 0 Å². The molecule has 0 unspecified atom stereocenters. The van der Waals surface area contributed by atoms with Crippen LogP contribution in [0.5, 0.6) is 0 Å². The van der Waals surface area contributed by atoms with E-state index in [4.69, 9.17) is 4.74 Å². The number of aromatic amines is 1. The summed E-state index contributed by atoms with van der Waals surface area (Å²) in [5.74, 6) is 1.38. The molecule has 0 radical (unpaired) electrons. The van der Waals surface area contributed by atoms with Crippen LogP contribution in [0.1, 0.15) is 89.3 Å². The summed E-state index contributed by atoms with van der Waals surface area (Å²) in [6.45, 7) is 10.0. The number of nitrogens with one attached hydrogen (secondary N) is 1. The van der Waals surface area contributed by atoms with Crippen molar-refractivity contribution in [2.24, 2.45) is 5.92 Å². The summed E-state index contributed by atoms with van der Waals surface area (Å²) in [5, 5.41) is 7.66. The number of hydrogen-bond donors (Lipinski definition) is 1. The maximum Gasteiger partial charge on any atom is 0.222 e. The normalized spacial score (nSPS) is 19.6. The van der Waals surface area contributed by atoms with Crippen LogP contribution in [0.2, 0.25) is 0 Å². The highest BCUT2D eigenvalue weighted by molar-refractivity contribution is 5.76. The van der Waals surface area contributed by atoms with Gasteiger partial charge in [-0.1, -0.05) is 27.2 Å². The van der Waals surface area contributed by atoms with Crippen molar-refractivity contribution in [3.05, 3.63) is 17.5 Å². The van der Waals surface area contributed by atoms with E-state index in [2.05, 4.69) is 47.8 Å². The molecule has 1 amide bonds. The number of nitrogens with zero attached hydrogens (tertiary/aromatic N) is 3. The van der Waals surface area contributed by atoms with Gasteiger partial charge in [-0.2, -0.15) is 5.10 Å². The Labute approximate surface area is 183 Å². The van der Waals surface area contributed by atoms with Gasteiger partial charge >= 0.3 is 0 Å². The first-order chi connectivity index (χ1) is 14.5. The molecular weight excluding hydrogens is 376 g/mol. The smallest absolute Gasteiger partial charge is 0.222 e. The quantitative estimate of drug-likeness (QED) is 0.507. The van der Waals surface area contributed by atoms with Crippen LogP contribution in [-0.4, -0.2) is 65.8 Å². The minimum Gasteiger partial charge on any atom is -0.383 e. The van der Waals surface area contributed by atoms with Crippen LogP contribution in [0.3, 0.4) is 0 Å². The molecule has 1 aromatic rings. The van der Waals surface area contributed by atoms with E-state index in [-0.39, 0.29) is 0 Å². The highest BCUT2D eigenvalue weighted by atomic mass is 16.5. The molecule has 1 aromatic heterocycles. The lowest BCUT2D eigenvalue weighted by molar-refractivity contribution is -0.135. The molecular formula is C24H44N4O2. The number of carbonyl (C=O) groups is 1. The Morgan fingerprint density at radius 2 is 2.00 bits per heavy atom. The van der Waals surface area contributed by atoms with Crippen LogP contribution in [0.25, 0.3) is 0 Å². The van der Waals surface area contributed by atoms with E-state index in [0.29, 0.717) is 43.4 Å². The monoisotopic (exact) mass is 420 g/mol. The summed E-state index contributed by atoms with van der Waals surface area (Å²) < 4.78 is 5.29. The minimum absolute atomic E-state index is 0.295. The van der Waals surface area contributed by atoms with Crippen molar-refractivity contribution in [3.63, 3.8) is 0 Å². The molecule has 172 valence electrons. The van der Waals surface area contributed by atoms with Gasteiger partial charge in [0.25, 0.3) is 0 Å². The number of H-pyrrole nitrogens is 1. The van der Waals surface area contributed by atoms with Gasteiger partial charge in [0.1, 0.15) is 0 Å². The van der Waals surface area contributed by atoms with Gasteiger partial charge in [0.05, 0.1) is 12.8 Å². The molecule has 1 fully saturated rings. The summed E-state index contributed by atoms with van der Waals surface area (Å²) in [5.41, 5.74) is 2.65. The molecule has 1 saturated carbocycles. The first-order valence-electron chi connectivity index (χ1n) is 11.9. The van der Waals surface area contributed by atoms with Crippen LogP contribution in [0, 0.1) is 5.92 Å². The highest BCUT2D eigenvalue weighted by Gasteiger charge is 2.30. The average Bonchev–Trinajstić information content (AvgIpc) is 3.19. The summed E-state index contributed by atoms with van der Waals surface area (Å²) >= 11 is 0. The summed E-state index contributed by atoms with van der Waals surface area (Å²) in [6, 6.07) is 0.342. The molecule has 1 aliphatic rings. The molecule has 1 N–H and O–H groups in total. The fourth-order valence-corrected chi connectivity index (χ4v) is 4.53. The van der Waals surface area contributed by atoms with Gasteiger partial charge in [-0.15, -0.1) is 0 Å². The maximum absolute atomic E-state index is 12.9. The molecule has 6 heteroatoms. The molecule has 0 bridgehead atoms. The molecule has 0 aromatic carbocycles. The highest BCUT2D eigenvalue weighted by Crippen LogP contribution is 2.36. The van der Waals surface area contributed by atoms with E-state index in [9.17, 15) is 4.79 Å². The lowest BCUT2D eigenvalue weighted by Gasteiger charge is -2.37. The third kappa shape index (κ3) is 7.69. The number of aromatic nitrogens is 2. The summed E-state index contributed by atoms with van der Waals surface area (Å²) in [7, 11) is 3.91. The fourth-order valence-electron chi connectivity index (χ4n) is 4.53. The maximum atomic E-state index is 12.9. The second-order valence-corrected chi connectivity index (χ2v) is 9.42. The minimum atomic E-state index is 0.295. The molecule has 1 heterocycles. The zero-order valence-corrected chi connectivity index (χ0v) is 20.0. The van der Waals surface area contributed by atoms with Crippen LogP contribution in [0.4, 0.5) is 0 Å². The third-order valence-electron chi connectivity index (χ3n) is 6.42. The zero-order chi connectivity index (χ0) is 21.9. The molecule has 0 atom stereocenters. The molecule has 2 rings (SSSR count). The molecule has 30 heavy (non-hydrogen) atoms. The van der Waals surface area contributed by atoms with Crippen molar-refractivity contribution in [1.82, 2.24) is 20.0 Å². The second kappa shape index (κ2) is 13.1. The largest absolute Gasteiger partial charge is 0.383 e. The molecule has 0 saturated heterocycles. The van der Waals surface area contributed by atoms with Gasteiger partial charge in [-0.3, -0.25) is 9.89 Å². The van der Waals surface area contributed by atoms with Gasteiger partial charge in [-0.25, -0.2) is 0 Å². The van der Waals surface area contributed by atoms with E-state index >= 15 is 0 Å². The molecule has 0 spiro atoms. The zero-order valence-electron chi connectivity index (χ0n) is 20.0. The molecule has 6 nitrogen and oxygen atoms in total. The van der Waals surface area contributed by atoms with Gasteiger partial charge in [-0.05, 0) is 58.0 Å². The van der Waals surface area contributed by atoms with Crippen molar-refractivity contribution in [1.29, 1.82) is 0 Å². The Morgan fingerprint density at radius 3 is 2.63 bits per heavy atom. The Balaban J connectivity index is 1.93. The molecule has 0 aliphatic heterocycles. The lowest BCUT2D eigenvalue weighted by Crippen LogP contribution is -2.44. The van der Waals surface area contributed by atoms with Gasteiger partial charge in [0.15, 0.2) is 0 Å². The van der Waals surface area contributed by atoms with E-state index in [1.807, 2.05) is 6.20 Å². The standard InChI is InChI=1S/C24H44N4O2/c1-6-7-14-27(4)18-21-17-25-26-24(21)20-9-11-22(12-10-20)28(15-16-30-5)23(29)13-8-19(2)3/h17,19-20,22H,6-16,18H2,1-5H3,(H,25,26). The predicted molar refractivity (Wildman–Crippen MR) is 122 cm³/mol. The van der Waals surface area contributed by atoms with Crippen LogP contribution >= 0.6 is 0 Å². The van der Waals surface area contributed by atoms with Crippen LogP contribution in [0.15, 0.2) is 6.20 Å². The second-order valence-electron chi connectivity index (χ2n) is 9.42. The van der Waals surface area contributed by atoms with Gasteiger partial charge in [0.2, 0.25) is 5.91 Å². The number of unbranched alkanes of at least 4 members (excludes halogenated alkanes) is 1. The first kappa shape index (κ1) is 24.9. The van der Waals surface area contributed by atoms with Crippen molar-refractivity contribution >= 4 is 5.91 Å². The van der Waals surface area contributed by atoms with Gasteiger partial charge in [0, 0.05) is 49.8 Å². The number of hydrogen-bond acceptors (Lipinski definition) is 4. The summed E-state index contributed by atoms with van der Waals surface area (Å²) in [4.78, 5) is 17.4. The Morgan fingerprint density at radius 1 is 1.27 bits per heavy atom. The Bertz CT molecular complexity index is 608. The predicted octanol–water partition coefficient (Wildman–Crippen LogP) is 4.58. The summed E-state index contributed by atoms with van der Waals surface area (Å²) in [6.07, 6.45) is 10.4. The number of carbonyl (C=O) groups excluding carboxylic acids is 1. The van der Waals surface area contributed by atoms with Crippen molar-refractivity contribution in [2.45, 2.75) is 90.6 Å².